The van der Waals surface area contributed by atoms with Crippen LogP contribution in [0.15, 0.2) is 24.3 Å². The number of nitrogens with two attached hydrogens (primary N) is 1. The molecule has 2 rings (SSSR count). The largest absolute Gasteiger partial charge is 0.497 e. The van der Waals surface area contributed by atoms with E-state index in [-0.39, 0.29) is 0 Å². The molecule has 0 radical (unpaired) electrons. The highest BCUT2D eigenvalue weighted by molar-refractivity contribution is 5.35. The zero-order valence-corrected chi connectivity index (χ0v) is 8.16. The Hall–Kier alpha value is -1.09. The van der Waals surface area contributed by atoms with Crippen molar-refractivity contribution in [2.24, 2.45) is 5.73 Å². The van der Waals surface area contributed by atoms with Crippen molar-refractivity contribution in [1.29, 1.82) is 0 Å². The molecule has 1 aromatic carbocycles. The number of methoxy groups -OCH3 is 1. The van der Waals surface area contributed by atoms with Crippen LogP contribution in [0, 0.1) is 0 Å². The normalized spacial score (nSPS) is 30.9. The SMILES string of the molecule is COc1cccc(C2(N)CC(F)C2)c1. The molecular weight excluding hydrogens is 181 g/mol. The third kappa shape index (κ3) is 1.48. The first-order valence-corrected chi connectivity index (χ1v) is 4.71. The molecule has 1 fully saturated rings. The summed E-state index contributed by atoms with van der Waals surface area (Å²) in [5.41, 5.74) is 6.53. The van der Waals surface area contributed by atoms with Crippen LogP contribution in [0.4, 0.5) is 4.39 Å². The summed E-state index contributed by atoms with van der Waals surface area (Å²) in [5.74, 6) is 0.773. The van der Waals surface area contributed by atoms with Gasteiger partial charge in [-0.05, 0) is 17.7 Å². The molecule has 14 heavy (non-hydrogen) atoms. The van der Waals surface area contributed by atoms with E-state index >= 15 is 0 Å². The number of benzene rings is 1. The third-order valence-electron chi connectivity index (χ3n) is 2.82. The highest BCUT2D eigenvalue weighted by Crippen LogP contribution is 2.41. The summed E-state index contributed by atoms with van der Waals surface area (Å²) in [5, 5.41) is 0. The van der Waals surface area contributed by atoms with Crippen LogP contribution in [0.1, 0.15) is 18.4 Å². The van der Waals surface area contributed by atoms with Crippen LogP contribution in [-0.2, 0) is 5.54 Å². The number of rotatable bonds is 2. The molecule has 3 heteroatoms. The zero-order chi connectivity index (χ0) is 10.2. The van der Waals surface area contributed by atoms with Crippen molar-refractivity contribution in [2.45, 2.75) is 24.6 Å². The first kappa shape index (κ1) is 9.46. The molecular formula is C11H14FNO. The molecule has 0 atom stereocenters. The van der Waals surface area contributed by atoms with Gasteiger partial charge in [0.05, 0.1) is 7.11 Å². The van der Waals surface area contributed by atoms with E-state index in [0.717, 1.165) is 11.3 Å². The second kappa shape index (κ2) is 3.24. The molecule has 0 amide bonds. The Kier molecular flexibility index (Phi) is 2.19. The van der Waals surface area contributed by atoms with Gasteiger partial charge >= 0.3 is 0 Å². The van der Waals surface area contributed by atoms with Crippen LogP contribution in [-0.4, -0.2) is 13.3 Å². The average Bonchev–Trinajstić information content (AvgIpc) is 2.16. The maximum Gasteiger partial charge on any atom is 0.119 e. The fourth-order valence-electron chi connectivity index (χ4n) is 1.90. The summed E-state index contributed by atoms with van der Waals surface area (Å²) >= 11 is 0. The van der Waals surface area contributed by atoms with Crippen LogP contribution < -0.4 is 10.5 Å². The predicted octanol–water partition coefficient (Wildman–Crippen LogP) is 1.98. The first-order valence-electron chi connectivity index (χ1n) is 4.71. The second-order valence-corrected chi connectivity index (χ2v) is 3.89. The Balaban J connectivity index is 2.24. The highest BCUT2D eigenvalue weighted by Gasteiger charge is 2.42. The number of alkyl halides is 1. The van der Waals surface area contributed by atoms with Crippen molar-refractivity contribution in [1.82, 2.24) is 0 Å². The zero-order valence-electron chi connectivity index (χ0n) is 8.16. The van der Waals surface area contributed by atoms with Gasteiger partial charge in [-0.1, -0.05) is 12.1 Å². The van der Waals surface area contributed by atoms with Crippen LogP contribution >= 0.6 is 0 Å². The number of halogens is 1. The lowest BCUT2D eigenvalue weighted by atomic mass is 9.71. The number of ether oxygens (including phenoxy) is 1. The maximum absolute atomic E-state index is 12.8. The van der Waals surface area contributed by atoms with E-state index < -0.39 is 11.7 Å². The van der Waals surface area contributed by atoms with Crippen molar-refractivity contribution < 1.29 is 9.13 Å². The summed E-state index contributed by atoms with van der Waals surface area (Å²) in [6.07, 6.45) is 0.0894. The molecule has 76 valence electrons. The van der Waals surface area contributed by atoms with Crippen molar-refractivity contribution in [2.75, 3.05) is 7.11 Å². The Morgan fingerprint density at radius 3 is 2.79 bits per heavy atom. The Morgan fingerprint density at radius 2 is 2.21 bits per heavy atom. The highest BCUT2D eigenvalue weighted by atomic mass is 19.1. The molecule has 0 heterocycles. The Bertz CT molecular complexity index is 334. The van der Waals surface area contributed by atoms with E-state index in [9.17, 15) is 4.39 Å². The van der Waals surface area contributed by atoms with Crippen molar-refractivity contribution in [3.63, 3.8) is 0 Å². The van der Waals surface area contributed by atoms with E-state index in [1.165, 1.54) is 0 Å². The monoisotopic (exact) mass is 195 g/mol. The van der Waals surface area contributed by atoms with Gasteiger partial charge in [0.15, 0.2) is 0 Å². The lowest BCUT2D eigenvalue weighted by Gasteiger charge is -2.41. The van der Waals surface area contributed by atoms with Crippen LogP contribution in [0.5, 0.6) is 5.75 Å². The summed E-state index contributed by atoms with van der Waals surface area (Å²) in [6, 6.07) is 7.55. The minimum Gasteiger partial charge on any atom is -0.497 e. The maximum atomic E-state index is 12.8. The van der Waals surface area contributed by atoms with Gasteiger partial charge in [0.2, 0.25) is 0 Å². The average molecular weight is 195 g/mol. The van der Waals surface area contributed by atoms with Gasteiger partial charge in [0.25, 0.3) is 0 Å². The summed E-state index contributed by atoms with van der Waals surface area (Å²) < 4.78 is 17.9. The van der Waals surface area contributed by atoms with E-state index in [0.29, 0.717) is 12.8 Å². The van der Waals surface area contributed by atoms with E-state index in [1.807, 2.05) is 24.3 Å². The lowest BCUT2D eigenvalue weighted by Crippen LogP contribution is -2.50. The third-order valence-corrected chi connectivity index (χ3v) is 2.82. The fraction of sp³-hybridized carbons (Fsp3) is 0.455. The van der Waals surface area contributed by atoms with Crippen LogP contribution in [0.2, 0.25) is 0 Å². The summed E-state index contributed by atoms with van der Waals surface area (Å²) in [4.78, 5) is 0. The molecule has 0 spiro atoms. The molecule has 2 nitrogen and oxygen atoms in total. The van der Waals surface area contributed by atoms with Gasteiger partial charge in [-0.2, -0.15) is 0 Å². The minimum atomic E-state index is -0.744. The molecule has 1 aliphatic rings. The van der Waals surface area contributed by atoms with E-state index in [2.05, 4.69) is 0 Å². The summed E-state index contributed by atoms with van der Waals surface area (Å²) in [6.45, 7) is 0. The van der Waals surface area contributed by atoms with Gasteiger partial charge in [0, 0.05) is 18.4 Å². The predicted molar refractivity (Wildman–Crippen MR) is 53.0 cm³/mol. The fourth-order valence-corrected chi connectivity index (χ4v) is 1.90. The first-order chi connectivity index (χ1) is 6.64. The van der Waals surface area contributed by atoms with Crippen molar-refractivity contribution >= 4 is 0 Å². The molecule has 1 saturated carbocycles. The Labute approximate surface area is 82.9 Å². The molecule has 0 bridgehead atoms. The van der Waals surface area contributed by atoms with E-state index in [1.54, 1.807) is 7.11 Å². The van der Waals surface area contributed by atoms with Crippen molar-refractivity contribution in [3.05, 3.63) is 29.8 Å². The topological polar surface area (TPSA) is 35.2 Å². The molecule has 1 aliphatic carbocycles. The quantitative estimate of drug-likeness (QED) is 0.783. The Morgan fingerprint density at radius 1 is 1.50 bits per heavy atom. The van der Waals surface area contributed by atoms with Gasteiger partial charge < -0.3 is 10.5 Å². The van der Waals surface area contributed by atoms with Crippen LogP contribution in [0.25, 0.3) is 0 Å². The second-order valence-electron chi connectivity index (χ2n) is 3.89. The molecule has 0 unspecified atom stereocenters. The summed E-state index contributed by atoms with van der Waals surface area (Å²) in [7, 11) is 1.61. The van der Waals surface area contributed by atoms with Crippen molar-refractivity contribution in [3.8, 4) is 5.75 Å². The minimum absolute atomic E-state index is 0.417. The molecule has 0 aliphatic heterocycles. The van der Waals surface area contributed by atoms with Gasteiger partial charge in [0.1, 0.15) is 11.9 Å². The molecule has 0 aromatic heterocycles. The molecule has 1 aromatic rings. The number of hydrogen-bond acceptors (Lipinski definition) is 2. The standard InChI is InChI=1S/C11H14FNO/c1-14-10-4-2-3-8(5-10)11(13)6-9(12)7-11/h2-5,9H,6-7,13H2,1H3. The van der Waals surface area contributed by atoms with Gasteiger partial charge in [-0.15, -0.1) is 0 Å². The smallest absolute Gasteiger partial charge is 0.119 e. The molecule has 0 saturated heterocycles. The number of hydrogen-bond donors (Lipinski definition) is 1. The van der Waals surface area contributed by atoms with E-state index in [4.69, 9.17) is 10.5 Å². The van der Waals surface area contributed by atoms with Gasteiger partial charge in [-0.25, -0.2) is 4.39 Å². The van der Waals surface area contributed by atoms with Gasteiger partial charge in [-0.3, -0.25) is 0 Å². The molecule has 2 N–H and O–H groups in total. The lowest BCUT2D eigenvalue weighted by molar-refractivity contribution is 0.0983. The van der Waals surface area contributed by atoms with Crippen LogP contribution in [0.3, 0.4) is 0 Å².